The number of nitrogens with two attached hydrogens (primary N) is 1. The van der Waals surface area contributed by atoms with Gasteiger partial charge in [0.1, 0.15) is 5.84 Å². The van der Waals surface area contributed by atoms with Crippen LogP contribution in [0.2, 0.25) is 0 Å². The van der Waals surface area contributed by atoms with Crippen molar-refractivity contribution in [2.45, 2.75) is 40.0 Å². The summed E-state index contributed by atoms with van der Waals surface area (Å²) in [6.45, 7) is 8.50. The van der Waals surface area contributed by atoms with E-state index in [1.54, 1.807) is 6.26 Å². The number of guanidine groups is 1. The number of nitrogens with zero attached hydrogens (tertiary/aromatic N) is 3. The number of furan rings is 1. The molecule has 1 aliphatic heterocycles. The second-order valence-corrected chi connectivity index (χ2v) is 6.10. The molecule has 0 spiro atoms. The molecule has 2 atom stereocenters. The predicted molar refractivity (Wildman–Crippen MR) is 91.1 cm³/mol. The summed E-state index contributed by atoms with van der Waals surface area (Å²) in [6.07, 6.45) is 4.54. The SMILES string of the molecule is CCC(C1=C(C)C(C)C(N(C)C)=NC(N)=N1)c1cocc1C. The maximum Gasteiger partial charge on any atom is 0.221 e. The Bertz CT molecular complexity index is 637. The lowest BCUT2D eigenvalue weighted by Gasteiger charge is -2.24. The van der Waals surface area contributed by atoms with E-state index in [1.807, 2.05) is 25.3 Å². The zero-order chi connectivity index (χ0) is 16.4. The molecule has 0 saturated carbocycles. The molecule has 2 rings (SSSR count). The number of rotatable bonds is 3. The molecule has 22 heavy (non-hydrogen) atoms. The van der Waals surface area contributed by atoms with E-state index in [4.69, 9.17) is 10.2 Å². The van der Waals surface area contributed by atoms with Crippen molar-refractivity contribution in [2.24, 2.45) is 21.6 Å². The molecular formula is C17H26N4O. The van der Waals surface area contributed by atoms with Crippen LogP contribution in [0.25, 0.3) is 0 Å². The molecule has 2 unspecified atom stereocenters. The Balaban J connectivity index is 2.54. The Kier molecular flexibility index (Phi) is 4.74. The Hall–Kier alpha value is -2.04. The number of hydrogen-bond acceptors (Lipinski definition) is 5. The minimum atomic E-state index is 0.177. The molecule has 0 fully saturated rings. The summed E-state index contributed by atoms with van der Waals surface area (Å²) >= 11 is 0. The smallest absolute Gasteiger partial charge is 0.221 e. The average molecular weight is 302 g/mol. The van der Waals surface area contributed by atoms with Crippen LogP contribution in [0, 0.1) is 12.8 Å². The van der Waals surface area contributed by atoms with Gasteiger partial charge in [-0.3, -0.25) is 0 Å². The second kappa shape index (κ2) is 6.38. The quantitative estimate of drug-likeness (QED) is 0.931. The van der Waals surface area contributed by atoms with Crippen molar-refractivity contribution in [3.63, 3.8) is 0 Å². The normalized spacial score (nSPS) is 20.4. The van der Waals surface area contributed by atoms with E-state index in [1.165, 1.54) is 11.1 Å². The van der Waals surface area contributed by atoms with Crippen LogP contribution in [0.15, 0.2) is 38.2 Å². The summed E-state index contributed by atoms with van der Waals surface area (Å²) in [5, 5.41) is 0. The molecule has 120 valence electrons. The van der Waals surface area contributed by atoms with E-state index < -0.39 is 0 Å². The molecule has 0 aliphatic carbocycles. The summed E-state index contributed by atoms with van der Waals surface area (Å²) < 4.78 is 5.36. The fourth-order valence-corrected chi connectivity index (χ4v) is 2.99. The summed E-state index contributed by atoms with van der Waals surface area (Å²) in [4.78, 5) is 11.1. The Labute approximate surface area is 132 Å². The highest BCUT2D eigenvalue weighted by Crippen LogP contribution is 2.36. The van der Waals surface area contributed by atoms with Crippen molar-refractivity contribution in [2.75, 3.05) is 14.1 Å². The molecule has 0 aromatic carbocycles. The van der Waals surface area contributed by atoms with E-state index in [2.05, 4.69) is 37.7 Å². The van der Waals surface area contributed by atoms with Gasteiger partial charge >= 0.3 is 0 Å². The van der Waals surface area contributed by atoms with E-state index >= 15 is 0 Å². The summed E-state index contributed by atoms with van der Waals surface area (Å²) in [5.74, 6) is 1.61. The topological polar surface area (TPSA) is 67.1 Å². The fraction of sp³-hybridized carbons (Fsp3) is 0.529. The summed E-state index contributed by atoms with van der Waals surface area (Å²) in [5.41, 5.74) is 10.6. The van der Waals surface area contributed by atoms with Gasteiger partial charge in [0.2, 0.25) is 5.96 Å². The molecule has 2 heterocycles. The van der Waals surface area contributed by atoms with Crippen molar-refractivity contribution in [1.29, 1.82) is 0 Å². The zero-order valence-corrected chi connectivity index (χ0v) is 14.3. The lowest BCUT2D eigenvalue weighted by Crippen LogP contribution is -2.30. The third kappa shape index (κ3) is 2.93. The van der Waals surface area contributed by atoms with Crippen molar-refractivity contribution in [1.82, 2.24) is 4.90 Å². The molecule has 2 N–H and O–H groups in total. The Morgan fingerprint density at radius 1 is 1.27 bits per heavy atom. The molecule has 1 aromatic heterocycles. The number of amidine groups is 1. The van der Waals surface area contributed by atoms with Crippen LogP contribution in [0.5, 0.6) is 0 Å². The number of allylic oxidation sites excluding steroid dienone is 1. The predicted octanol–water partition coefficient (Wildman–Crippen LogP) is 3.28. The molecule has 1 aliphatic rings. The summed E-state index contributed by atoms with van der Waals surface area (Å²) in [7, 11) is 3.97. The minimum absolute atomic E-state index is 0.177. The number of aryl methyl sites for hydroxylation is 1. The zero-order valence-electron chi connectivity index (χ0n) is 14.3. The van der Waals surface area contributed by atoms with Gasteiger partial charge < -0.3 is 15.1 Å². The summed E-state index contributed by atoms with van der Waals surface area (Å²) in [6, 6.07) is 0. The van der Waals surface area contributed by atoms with Gasteiger partial charge in [-0.15, -0.1) is 0 Å². The van der Waals surface area contributed by atoms with E-state index in [0.29, 0.717) is 5.96 Å². The van der Waals surface area contributed by atoms with Crippen LogP contribution in [-0.4, -0.2) is 30.8 Å². The van der Waals surface area contributed by atoms with Crippen LogP contribution in [0.4, 0.5) is 0 Å². The van der Waals surface area contributed by atoms with Crippen LogP contribution in [0.1, 0.15) is 44.2 Å². The van der Waals surface area contributed by atoms with Gasteiger partial charge in [-0.05, 0) is 31.4 Å². The van der Waals surface area contributed by atoms with Gasteiger partial charge in [0.15, 0.2) is 0 Å². The molecule has 0 saturated heterocycles. The van der Waals surface area contributed by atoms with Gasteiger partial charge in [0, 0.05) is 31.5 Å². The lowest BCUT2D eigenvalue weighted by molar-refractivity contribution is 0.558. The van der Waals surface area contributed by atoms with E-state index in [9.17, 15) is 0 Å². The van der Waals surface area contributed by atoms with Crippen molar-refractivity contribution in [3.8, 4) is 0 Å². The van der Waals surface area contributed by atoms with E-state index in [0.717, 1.165) is 23.5 Å². The third-order valence-electron chi connectivity index (χ3n) is 4.37. The van der Waals surface area contributed by atoms with Crippen molar-refractivity contribution in [3.05, 3.63) is 34.9 Å². The van der Waals surface area contributed by atoms with Crippen molar-refractivity contribution >= 4 is 11.8 Å². The molecule has 0 amide bonds. The minimum Gasteiger partial charge on any atom is -0.472 e. The van der Waals surface area contributed by atoms with Crippen LogP contribution < -0.4 is 5.73 Å². The van der Waals surface area contributed by atoms with Crippen LogP contribution >= 0.6 is 0 Å². The van der Waals surface area contributed by atoms with E-state index in [-0.39, 0.29) is 11.8 Å². The highest BCUT2D eigenvalue weighted by Gasteiger charge is 2.27. The second-order valence-electron chi connectivity index (χ2n) is 6.10. The van der Waals surface area contributed by atoms with Gasteiger partial charge in [-0.1, -0.05) is 13.8 Å². The van der Waals surface area contributed by atoms with Gasteiger partial charge in [0.25, 0.3) is 0 Å². The average Bonchev–Trinajstić information content (AvgIpc) is 2.84. The molecule has 5 nitrogen and oxygen atoms in total. The number of hydrogen-bond donors (Lipinski definition) is 1. The van der Waals surface area contributed by atoms with Crippen molar-refractivity contribution < 1.29 is 4.42 Å². The maximum atomic E-state index is 6.04. The first-order valence-corrected chi connectivity index (χ1v) is 7.70. The van der Waals surface area contributed by atoms with Gasteiger partial charge in [-0.25, -0.2) is 4.99 Å². The largest absolute Gasteiger partial charge is 0.472 e. The number of aliphatic imine (C=N–C) groups is 2. The molecular weight excluding hydrogens is 276 g/mol. The van der Waals surface area contributed by atoms with Crippen LogP contribution in [0.3, 0.4) is 0 Å². The first-order chi connectivity index (χ1) is 10.4. The first kappa shape index (κ1) is 16.3. The molecule has 0 radical (unpaired) electrons. The Morgan fingerprint density at radius 2 is 1.95 bits per heavy atom. The Morgan fingerprint density at radius 3 is 2.45 bits per heavy atom. The standard InChI is InChI=1S/C17H26N4O/c1-7-13(14-9-22-8-10(14)2)15-11(3)12(4)16(21(5)6)20-17(18)19-15/h8-9,12-13H,7H2,1-6H3,(H2,18,19). The fourth-order valence-electron chi connectivity index (χ4n) is 2.99. The maximum absolute atomic E-state index is 6.04. The molecule has 1 aromatic rings. The third-order valence-corrected chi connectivity index (χ3v) is 4.37. The van der Waals surface area contributed by atoms with Gasteiger partial charge in [0.05, 0.1) is 18.2 Å². The first-order valence-electron chi connectivity index (χ1n) is 7.70. The van der Waals surface area contributed by atoms with Gasteiger partial charge in [-0.2, -0.15) is 4.99 Å². The lowest BCUT2D eigenvalue weighted by atomic mass is 9.87. The molecule has 0 bridgehead atoms. The highest BCUT2D eigenvalue weighted by molar-refractivity contribution is 5.98. The van der Waals surface area contributed by atoms with Crippen LogP contribution in [-0.2, 0) is 0 Å². The molecule has 5 heteroatoms. The monoisotopic (exact) mass is 302 g/mol. The highest BCUT2D eigenvalue weighted by atomic mass is 16.3.